The Labute approximate surface area is 173 Å². The number of hydrogen-bond acceptors (Lipinski definition) is 3. The molecule has 0 unspecified atom stereocenters. The summed E-state index contributed by atoms with van der Waals surface area (Å²) in [6.07, 6.45) is -0.0255. The highest BCUT2D eigenvalue weighted by molar-refractivity contribution is 7.98. The summed E-state index contributed by atoms with van der Waals surface area (Å²) in [4.78, 5) is 12.3. The normalized spacial score (nSPS) is 11.9. The summed E-state index contributed by atoms with van der Waals surface area (Å²) in [6, 6.07) is 9.96. The van der Waals surface area contributed by atoms with Gasteiger partial charge in [0.15, 0.2) is 6.10 Å². The number of halogens is 3. The Morgan fingerprint density at radius 2 is 2.04 bits per heavy atom. The molecule has 27 heavy (non-hydrogen) atoms. The Morgan fingerprint density at radius 1 is 1.26 bits per heavy atom. The molecule has 0 aliphatic rings. The Hall–Kier alpha value is -1.43. The summed E-state index contributed by atoms with van der Waals surface area (Å²) in [5.41, 5.74) is 1.39. The second-order valence-electron chi connectivity index (χ2n) is 5.97. The van der Waals surface area contributed by atoms with Crippen LogP contribution in [-0.2, 0) is 10.5 Å². The lowest BCUT2D eigenvalue weighted by atomic mass is 10.2. The number of ether oxygens (including phenoxy) is 1. The number of aryl methyl sites for hydroxylation is 1. The first-order valence-corrected chi connectivity index (χ1v) is 10.5. The molecule has 2 aromatic rings. The fourth-order valence-corrected chi connectivity index (χ4v) is 3.70. The molecular formula is C20H22Cl2FNO2S. The molecule has 0 aromatic heterocycles. The Kier molecular flexibility index (Phi) is 8.74. The van der Waals surface area contributed by atoms with Crippen LogP contribution in [0.5, 0.6) is 5.75 Å². The molecule has 0 aliphatic heterocycles. The Balaban J connectivity index is 1.77. The summed E-state index contributed by atoms with van der Waals surface area (Å²) in [5, 5.41) is 3.94. The second-order valence-corrected chi connectivity index (χ2v) is 7.89. The van der Waals surface area contributed by atoms with Crippen LogP contribution in [0, 0.1) is 12.7 Å². The number of benzene rings is 2. The number of thioether (sulfide) groups is 1. The van der Waals surface area contributed by atoms with Crippen LogP contribution in [0.15, 0.2) is 36.4 Å². The van der Waals surface area contributed by atoms with Gasteiger partial charge in [-0.1, -0.05) is 36.2 Å². The number of carbonyl (C=O) groups is 1. The van der Waals surface area contributed by atoms with Gasteiger partial charge in [-0.3, -0.25) is 4.79 Å². The number of nitrogens with one attached hydrogen (secondary N) is 1. The lowest BCUT2D eigenvalue weighted by Crippen LogP contribution is -2.39. The molecule has 2 aromatic carbocycles. The maximum absolute atomic E-state index is 13.7. The van der Waals surface area contributed by atoms with Gasteiger partial charge in [0, 0.05) is 33.7 Å². The van der Waals surface area contributed by atoms with Crippen LogP contribution in [0.1, 0.15) is 24.5 Å². The van der Waals surface area contributed by atoms with Crippen LogP contribution in [0.25, 0.3) is 0 Å². The van der Waals surface area contributed by atoms with Gasteiger partial charge < -0.3 is 10.1 Å². The zero-order chi connectivity index (χ0) is 19.8. The molecule has 1 amide bonds. The molecule has 146 valence electrons. The SMILES string of the molecule is CC[C@@H](Oc1ccc(Cl)c(C)c1)C(=O)NCCSCc1c(F)cccc1Cl. The lowest BCUT2D eigenvalue weighted by Gasteiger charge is -2.18. The molecule has 0 saturated heterocycles. The van der Waals surface area contributed by atoms with Crippen molar-refractivity contribution in [1.29, 1.82) is 0 Å². The van der Waals surface area contributed by atoms with Gasteiger partial charge >= 0.3 is 0 Å². The summed E-state index contributed by atoms with van der Waals surface area (Å²) >= 11 is 13.5. The highest BCUT2D eigenvalue weighted by Crippen LogP contribution is 2.24. The minimum atomic E-state index is -0.573. The van der Waals surface area contributed by atoms with Gasteiger partial charge in [0.1, 0.15) is 11.6 Å². The van der Waals surface area contributed by atoms with Gasteiger partial charge in [0.25, 0.3) is 5.91 Å². The van der Waals surface area contributed by atoms with Gasteiger partial charge in [-0.05, 0) is 49.2 Å². The third-order valence-corrected chi connectivity index (χ3v) is 5.69. The number of carbonyl (C=O) groups excluding carboxylic acids is 1. The van der Waals surface area contributed by atoms with Gasteiger partial charge in [-0.2, -0.15) is 11.8 Å². The van der Waals surface area contributed by atoms with Crippen molar-refractivity contribution in [1.82, 2.24) is 5.32 Å². The largest absolute Gasteiger partial charge is 0.481 e. The first-order chi connectivity index (χ1) is 12.9. The van der Waals surface area contributed by atoms with Crippen molar-refractivity contribution in [3.05, 3.63) is 63.4 Å². The standard InChI is InChI=1S/C20H22Cl2FNO2S/c1-3-19(26-14-7-8-16(21)13(2)11-14)20(25)24-9-10-27-12-15-17(22)5-4-6-18(15)23/h4-8,11,19H,3,9-10,12H2,1-2H3,(H,24,25)/t19-/m1/s1. The van der Waals surface area contributed by atoms with Gasteiger partial charge in [-0.15, -0.1) is 0 Å². The molecule has 1 atom stereocenters. The molecule has 7 heteroatoms. The molecule has 0 radical (unpaired) electrons. The van der Waals surface area contributed by atoms with E-state index in [1.54, 1.807) is 24.3 Å². The molecule has 0 spiro atoms. The van der Waals surface area contributed by atoms with Crippen molar-refractivity contribution in [2.24, 2.45) is 0 Å². The maximum Gasteiger partial charge on any atom is 0.261 e. The topological polar surface area (TPSA) is 38.3 Å². The summed E-state index contributed by atoms with van der Waals surface area (Å²) in [7, 11) is 0. The van der Waals surface area contributed by atoms with E-state index in [1.807, 2.05) is 19.9 Å². The minimum Gasteiger partial charge on any atom is -0.481 e. The minimum absolute atomic E-state index is 0.172. The van der Waals surface area contributed by atoms with E-state index in [2.05, 4.69) is 5.32 Å². The third kappa shape index (κ3) is 6.59. The molecule has 2 rings (SSSR count). The van der Waals surface area contributed by atoms with Gasteiger partial charge in [0.05, 0.1) is 0 Å². The first kappa shape index (κ1) is 21.9. The smallest absolute Gasteiger partial charge is 0.261 e. The van der Waals surface area contributed by atoms with E-state index in [0.29, 0.717) is 45.8 Å². The molecular weight excluding hydrogens is 408 g/mol. The molecule has 1 N–H and O–H groups in total. The highest BCUT2D eigenvalue weighted by Gasteiger charge is 2.18. The zero-order valence-corrected chi connectivity index (χ0v) is 17.6. The van der Waals surface area contributed by atoms with Crippen LogP contribution in [0.3, 0.4) is 0 Å². The predicted molar refractivity (Wildman–Crippen MR) is 111 cm³/mol. The van der Waals surface area contributed by atoms with Crippen molar-refractivity contribution < 1.29 is 13.9 Å². The van der Waals surface area contributed by atoms with E-state index in [1.165, 1.54) is 17.8 Å². The monoisotopic (exact) mass is 429 g/mol. The average molecular weight is 430 g/mol. The van der Waals surface area contributed by atoms with Crippen molar-refractivity contribution in [2.75, 3.05) is 12.3 Å². The van der Waals surface area contributed by atoms with Crippen molar-refractivity contribution in [3.63, 3.8) is 0 Å². The zero-order valence-electron chi connectivity index (χ0n) is 15.2. The maximum atomic E-state index is 13.7. The van der Waals surface area contributed by atoms with E-state index in [9.17, 15) is 9.18 Å². The Morgan fingerprint density at radius 3 is 2.70 bits per heavy atom. The fourth-order valence-electron chi connectivity index (χ4n) is 2.38. The number of amides is 1. The van der Waals surface area contributed by atoms with Crippen molar-refractivity contribution in [2.45, 2.75) is 32.1 Å². The van der Waals surface area contributed by atoms with E-state index < -0.39 is 6.10 Å². The molecule has 0 saturated carbocycles. The van der Waals surface area contributed by atoms with Crippen molar-refractivity contribution >= 4 is 40.9 Å². The second kappa shape index (κ2) is 10.8. The third-order valence-electron chi connectivity index (χ3n) is 3.92. The van der Waals surface area contributed by atoms with E-state index in [4.69, 9.17) is 27.9 Å². The van der Waals surface area contributed by atoms with Crippen molar-refractivity contribution in [3.8, 4) is 5.75 Å². The van der Waals surface area contributed by atoms with E-state index in [-0.39, 0.29) is 11.7 Å². The highest BCUT2D eigenvalue weighted by atomic mass is 35.5. The molecule has 0 aliphatic carbocycles. The average Bonchev–Trinajstić information content (AvgIpc) is 2.64. The fraction of sp³-hybridized carbons (Fsp3) is 0.350. The van der Waals surface area contributed by atoms with E-state index >= 15 is 0 Å². The lowest BCUT2D eigenvalue weighted by molar-refractivity contribution is -0.127. The van der Waals surface area contributed by atoms with Gasteiger partial charge in [0.2, 0.25) is 0 Å². The molecule has 0 heterocycles. The van der Waals surface area contributed by atoms with Crippen LogP contribution in [0.4, 0.5) is 4.39 Å². The number of hydrogen-bond donors (Lipinski definition) is 1. The van der Waals surface area contributed by atoms with Crippen LogP contribution in [-0.4, -0.2) is 24.3 Å². The van der Waals surface area contributed by atoms with Crippen LogP contribution < -0.4 is 10.1 Å². The summed E-state index contributed by atoms with van der Waals surface area (Å²) in [6.45, 7) is 4.24. The predicted octanol–water partition coefficient (Wildman–Crippen LogP) is 5.65. The summed E-state index contributed by atoms with van der Waals surface area (Å²) in [5.74, 6) is 1.24. The van der Waals surface area contributed by atoms with Crippen LogP contribution in [0.2, 0.25) is 10.0 Å². The Bertz CT molecular complexity index is 768. The van der Waals surface area contributed by atoms with Crippen LogP contribution >= 0.6 is 35.0 Å². The first-order valence-electron chi connectivity index (χ1n) is 8.63. The van der Waals surface area contributed by atoms with Gasteiger partial charge in [-0.25, -0.2) is 4.39 Å². The number of rotatable bonds is 9. The molecule has 0 bridgehead atoms. The van der Waals surface area contributed by atoms with E-state index in [0.717, 1.165) is 5.56 Å². The summed E-state index contributed by atoms with van der Waals surface area (Å²) < 4.78 is 19.5. The molecule has 0 fully saturated rings. The quantitative estimate of drug-likeness (QED) is 0.523. The molecule has 3 nitrogen and oxygen atoms in total.